The molecule has 2 aromatic heterocycles. The van der Waals surface area contributed by atoms with Crippen LogP contribution in [-0.2, 0) is 24.0 Å². The van der Waals surface area contributed by atoms with Crippen LogP contribution < -0.4 is 10.6 Å². The molecule has 2 N–H and O–H groups in total. The smallest absolute Gasteiger partial charge is 0.191 e. The first kappa shape index (κ1) is 18.5. The zero-order valence-electron chi connectivity index (χ0n) is 14.4. The molecule has 0 aliphatic heterocycles. The van der Waals surface area contributed by atoms with Gasteiger partial charge in [-0.15, -0.1) is 11.3 Å². The van der Waals surface area contributed by atoms with Crippen molar-refractivity contribution in [2.75, 3.05) is 33.4 Å². The third-order valence-corrected chi connectivity index (χ3v) is 4.59. The van der Waals surface area contributed by atoms with E-state index in [-0.39, 0.29) is 0 Å². The van der Waals surface area contributed by atoms with Crippen molar-refractivity contribution in [2.24, 2.45) is 4.99 Å². The third-order valence-electron chi connectivity index (χ3n) is 3.39. The highest BCUT2D eigenvalue weighted by molar-refractivity contribution is 7.11. The van der Waals surface area contributed by atoms with Crippen molar-refractivity contribution in [3.05, 3.63) is 40.2 Å². The van der Waals surface area contributed by atoms with Gasteiger partial charge < -0.3 is 19.8 Å². The highest BCUT2D eigenvalue weighted by Crippen LogP contribution is 2.13. The number of thiazole rings is 1. The van der Waals surface area contributed by atoms with Crippen molar-refractivity contribution < 1.29 is 9.15 Å². The van der Waals surface area contributed by atoms with Gasteiger partial charge in [0.2, 0.25) is 0 Å². The Morgan fingerprint density at radius 1 is 1.33 bits per heavy atom. The fourth-order valence-electron chi connectivity index (χ4n) is 2.10. The van der Waals surface area contributed by atoms with Gasteiger partial charge in [0.25, 0.3) is 0 Å². The predicted octanol–water partition coefficient (Wildman–Crippen LogP) is 2.27. The second-order valence-electron chi connectivity index (χ2n) is 5.23. The van der Waals surface area contributed by atoms with Gasteiger partial charge in [0.05, 0.1) is 24.4 Å². The number of rotatable bonds is 10. The summed E-state index contributed by atoms with van der Waals surface area (Å²) in [4.78, 5) is 10.3. The summed E-state index contributed by atoms with van der Waals surface area (Å²) in [5.74, 6) is 1.76. The minimum atomic E-state index is 0.609. The molecular weight excluding hydrogens is 324 g/mol. The normalized spacial score (nSPS) is 11.7. The topological polar surface area (TPSA) is 71.7 Å². The van der Waals surface area contributed by atoms with E-state index < -0.39 is 0 Å². The van der Waals surface area contributed by atoms with E-state index in [1.165, 1.54) is 4.88 Å². The van der Waals surface area contributed by atoms with Crippen molar-refractivity contribution in [3.8, 4) is 0 Å². The monoisotopic (exact) mass is 350 g/mol. The van der Waals surface area contributed by atoms with Gasteiger partial charge in [0.15, 0.2) is 5.96 Å². The van der Waals surface area contributed by atoms with Crippen LogP contribution in [0.4, 0.5) is 0 Å². The summed E-state index contributed by atoms with van der Waals surface area (Å²) in [6.07, 6.45) is 6.43. The Hall–Kier alpha value is -1.86. The van der Waals surface area contributed by atoms with Crippen molar-refractivity contribution in [3.63, 3.8) is 0 Å². The van der Waals surface area contributed by atoms with Gasteiger partial charge in [0, 0.05) is 44.1 Å². The van der Waals surface area contributed by atoms with Crippen LogP contribution in [0.3, 0.4) is 0 Å². The van der Waals surface area contributed by atoms with E-state index in [2.05, 4.69) is 27.5 Å². The number of aromatic nitrogens is 1. The van der Waals surface area contributed by atoms with Crippen molar-refractivity contribution in [1.29, 1.82) is 0 Å². The minimum Gasteiger partial charge on any atom is -0.469 e. The first-order valence-electron chi connectivity index (χ1n) is 8.29. The molecule has 7 heteroatoms. The van der Waals surface area contributed by atoms with Crippen LogP contribution in [-0.4, -0.2) is 44.3 Å². The maximum atomic E-state index is 5.34. The Balaban J connectivity index is 1.75. The SMILES string of the molecule is CCc1cnc(CCNC(=NCCOC)NCCc2ccco2)s1. The fraction of sp³-hybridized carbons (Fsp3) is 0.529. The predicted molar refractivity (Wildman–Crippen MR) is 97.8 cm³/mol. The molecular formula is C17H26N4O2S. The summed E-state index contributed by atoms with van der Waals surface area (Å²) in [6.45, 7) is 4.96. The van der Waals surface area contributed by atoms with E-state index in [1.807, 2.05) is 18.3 Å². The molecule has 0 bridgehead atoms. The maximum absolute atomic E-state index is 5.34. The molecule has 2 rings (SSSR count). The molecule has 0 atom stereocenters. The standard InChI is InChI=1S/C17H26N4O2S/c1-3-15-13-21-16(24-15)7-9-19-17(20-10-12-22-2)18-8-6-14-5-4-11-23-14/h4-5,11,13H,3,6-10,12H2,1-2H3,(H2,18,19,20). The Morgan fingerprint density at radius 3 is 2.83 bits per heavy atom. The maximum Gasteiger partial charge on any atom is 0.191 e. The summed E-state index contributed by atoms with van der Waals surface area (Å²) in [5, 5.41) is 7.84. The van der Waals surface area contributed by atoms with E-state index >= 15 is 0 Å². The first-order valence-corrected chi connectivity index (χ1v) is 9.10. The zero-order valence-corrected chi connectivity index (χ0v) is 15.2. The Labute approximate surface area is 147 Å². The Bertz CT molecular complexity index is 596. The number of ether oxygens (including phenoxy) is 1. The van der Waals surface area contributed by atoms with E-state index in [0.717, 1.165) is 49.1 Å². The summed E-state index contributed by atoms with van der Waals surface area (Å²) in [6, 6.07) is 3.88. The molecule has 0 aromatic carbocycles. The van der Waals surface area contributed by atoms with Crippen molar-refractivity contribution >= 4 is 17.3 Å². The molecule has 0 spiro atoms. The number of nitrogens with one attached hydrogen (secondary N) is 2. The van der Waals surface area contributed by atoms with Gasteiger partial charge in [-0.1, -0.05) is 6.92 Å². The van der Waals surface area contributed by atoms with Crippen molar-refractivity contribution in [2.45, 2.75) is 26.2 Å². The van der Waals surface area contributed by atoms with Gasteiger partial charge >= 0.3 is 0 Å². The number of aryl methyl sites for hydroxylation is 1. The summed E-state index contributed by atoms with van der Waals surface area (Å²) >= 11 is 1.78. The number of hydrogen-bond acceptors (Lipinski definition) is 5. The average Bonchev–Trinajstić information content (AvgIpc) is 3.26. The number of methoxy groups -OCH3 is 1. The van der Waals surface area contributed by atoms with Crippen LogP contribution in [0, 0.1) is 0 Å². The summed E-state index contributed by atoms with van der Waals surface area (Å²) in [5.41, 5.74) is 0. The molecule has 0 amide bonds. The van der Waals surface area contributed by atoms with Crippen LogP contribution in [0.25, 0.3) is 0 Å². The van der Waals surface area contributed by atoms with E-state index in [4.69, 9.17) is 9.15 Å². The van der Waals surface area contributed by atoms with Crippen molar-refractivity contribution in [1.82, 2.24) is 15.6 Å². The highest BCUT2D eigenvalue weighted by atomic mass is 32.1. The lowest BCUT2D eigenvalue weighted by Crippen LogP contribution is -2.39. The molecule has 2 aromatic rings. The van der Waals surface area contributed by atoms with Crippen LogP contribution in [0.15, 0.2) is 34.0 Å². The molecule has 0 aliphatic rings. The molecule has 24 heavy (non-hydrogen) atoms. The number of furan rings is 1. The zero-order chi connectivity index (χ0) is 17.0. The van der Waals surface area contributed by atoms with Crippen LogP contribution in [0.2, 0.25) is 0 Å². The summed E-state index contributed by atoms with van der Waals surface area (Å²) < 4.78 is 10.4. The molecule has 6 nitrogen and oxygen atoms in total. The number of hydrogen-bond donors (Lipinski definition) is 2. The Morgan fingerprint density at radius 2 is 2.17 bits per heavy atom. The molecule has 0 saturated heterocycles. The minimum absolute atomic E-state index is 0.609. The second kappa shape index (κ2) is 10.8. The molecule has 2 heterocycles. The molecule has 0 saturated carbocycles. The lowest BCUT2D eigenvalue weighted by molar-refractivity contribution is 0.208. The average molecular weight is 350 g/mol. The Kier molecular flexibility index (Phi) is 8.34. The first-order chi connectivity index (χ1) is 11.8. The molecule has 0 aliphatic carbocycles. The second-order valence-corrected chi connectivity index (χ2v) is 6.43. The molecule has 0 radical (unpaired) electrons. The lowest BCUT2D eigenvalue weighted by Gasteiger charge is -2.11. The van der Waals surface area contributed by atoms with Gasteiger partial charge in [0.1, 0.15) is 5.76 Å². The van der Waals surface area contributed by atoms with Crippen LogP contribution in [0.5, 0.6) is 0 Å². The third kappa shape index (κ3) is 6.72. The number of aliphatic imine (C=N–C) groups is 1. The van der Waals surface area contributed by atoms with E-state index in [1.54, 1.807) is 24.7 Å². The van der Waals surface area contributed by atoms with Gasteiger partial charge in [-0.25, -0.2) is 4.98 Å². The van der Waals surface area contributed by atoms with Gasteiger partial charge in [-0.2, -0.15) is 0 Å². The summed E-state index contributed by atoms with van der Waals surface area (Å²) in [7, 11) is 1.68. The van der Waals surface area contributed by atoms with Gasteiger partial charge in [-0.05, 0) is 18.6 Å². The largest absolute Gasteiger partial charge is 0.469 e. The van der Waals surface area contributed by atoms with E-state index in [0.29, 0.717) is 13.2 Å². The lowest BCUT2D eigenvalue weighted by atomic mass is 10.3. The van der Waals surface area contributed by atoms with E-state index in [9.17, 15) is 0 Å². The molecule has 0 unspecified atom stereocenters. The van der Waals surface area contributed by atoms with Gasteiger partial charge in [-0.3, -0.25) is 4.99 Å². The molecule has 132 valence electrons. The van der Waals surface area contributed by atoms with Crippen LogP contribution in [0.1, 0.15) is 22.6 Å². The number of nitrogens with zero attached hydrogens (tertiary/aromatic N) is 2. The highest BCUT2D eigenvalue weighted by Gasteiger charge is 2.03. The number of guanidine groups is 1. The van der Waals surface area contributed by atoms with Crippen LogP contribution >= 0.6 is 11.3 Å². The molecule has 0 fully saturated rings. The fourth-order valence-corrected chi connectivity index (χ4v) is 2.96. The quantitative estimate of drug-likeness (QED) is 0.391.